The van der Waals surface area contributed by atoms with Crippen LogP contribution in [0, 0.1) is 0 Å². The number of aromatic nitrogens is 3. The molecule has 312 valence electrons. The number of fused-ring (bicyclic) bond motifs is 3. The highest BCUT2D eigenvalue weighted by molar-refractivity contribution is 6.17. The van der Waals surface area contributed by atoms with E-state index in [1.165, 1.54) is 12.1 Å². The standard InChI is InChI=1S/C41H54F3N5O8/c1-13-53-22-30-47-31-32(48(30)23-40(11,12)57-36(52)56-39(8,9)10)27-16-14-24(18-26-19-25(21-45)15-17-28(26)41(42,43)44)20-29(27)46-33(31)49(34(50)54-37(2,3)4)35(51)55-38(5,6)7/h14-17,19-20H,13,18,21-23,45H2,1-12H3. The monoisotopic (exact) mass is 801 g/mol. The Bertz CT molecular complexity index is 2100. The zero-order valence-electron chi connectivity index (χ0n) is 34.8. The molecule has 0 atom stereocenters. The molecule has 13 nitrogen and oxygen atoms in total. The lowest BCUT2D eigenvalue weighted by Gasteiger charge is -2.29. The average molecular weight is 802 g/mol. The number of anilines is 1. The van der Waals surface area contributed by atoms with Crippen molar-refractivity contribution in [1.29, 1.82) is 0 Å². The fraction of sp³-hybridized carbons (Fsp3) is 0.537. The lowest BCUT2D eigenvalue weighted by atomic mass is 9.96. The van der Waals surface area contributed by atoms with Crippen molar-refractivity contribution >= 4 is 46.1 Å². The molecule has 4 aromatic rings. The van der Waals surface area contributed by atoms with Crippen molar-refractivity contribution in [2.75, 3.05) is 11.5 Å². The minimum Gasteiger partial charge on any atom is -0.443 e. The molecule has 16 heteroatoms. The summed E-state index contributed by atoms with van der Waals surface area (Å²) in [5, 5.41) is 0.459. The number of nitrogens with zero attached hydrogens (tertiary/aromatic N) is 4. The molecule has 0 bridgehead atoms. The highest BCUT2D eigenvalue weighted by Gasteiger charge is 2.38. The predicted molar refractivity (Wildman–Crippen MR) is 209 cm³/mol. The number of amides is 2. The molecule has 57 heavy (non-hydrogen) atoms. The largest absolute Gasteiger partial charge is 0.509 e. The maximum atomic E-state index is 14.2. The lowest BCUT2D eigenvalue weighted by molar-refractivity contribution is -0.138. The van der Waals surface area contributed by atoms with Crippen molar-refractivity contribution in [1.82, 2.24) is 14.5 Å². The van der Waals surface area contributed by atoms with Crippen LogP contribution in [0.2, 0.25) is 0 Å². The van der Waals surface area contributed by atoms with Crippen LogP contribution in [0.4, 0.5) is 33.4 Å². The van der Waals surface area contributed by atoms with Gasteiger partial charge < -0.3 is 34.0 Å². The van der Waals surface area contributed by atoms with Gasteiger partial charge >= 0.3 is 24.5 Å². The third kappa shape index (κ3) is 11.8. The van der Waals surface area contributed by atoms with Gasteiger partial charge in [-0.15, -0.1) is 0 Å². The van der Waals surface area contributed by atoms with Crippen LogP contribution in [-0.4, -0.2) is 61.9 Å². The fourth-order valence-electron chi connectivity index (χ4n) is 5.89. The number of hydrogen-bond donors (Lipinski definition) is 1. The molecule has 0 unspecified atom stereocenters. The average Bonchev–Trinajstić information content (AvgIpc) is 3.37. The first-order chi connectivity index (χ1) is 26.1. The normalized spacial score (nSPS) is 12.8. The third-order valence-electron chi connectivity index (χ3n) is 7.99. The molecule has 4 rings (SSSR count). The Balaban J connectivity index is 2.08. The Kier molecular flexibility index (Phi) is 12.9. The second kappa shape index (κ2) is 16.5. The van der Waals surface area contributed by atoms with E-state index in [1.54, 1.807) is 106 Å². The number of pyridine rings is 1. The first kappa shape index (κ1) is 44.8. The molecule has 0 saturated carbocycles. The molecule has 2 aromatic carbocycles. The van der Waals surface area contributed by atoms with Gasteiger partial charge in [0.1, 0.15) is 40.4 Å². The van der Waals surface area contributed by atoms with Gasteiger partial charge in [-0.25, -0.2) is 24.4 Å². The van der Waals surface area contributed by atoms with E-state index < -0.39 is 52.5 Å². The van der Waals surface area contributed by atoms with E-state index in [2.05, 4.69) is 0 Å². The van der Waals surface area contributed by atoms with Crippen molar-refractivity contribution < 1.29 is 51.2 Å². The van der Waals surface area contributed by atoms with E-state index >= 15 is 0 Å². The number of rotatable bonds is 10. The molecule has 0 aliphatic heterocycles. The summed E-state index contributed by atoms with van der Waals surface area (Å²) in [7, 11) is 0. The Morgan fingerprint density at radius 3 is 1.88 bits per heavy atom. The number of imide groups is 1. The first-order valence-electron chi connectivity index (χ1n) is 18.6. The molecule has 2 heterocycles. The van der Waals surface area contributed by atoms with E-state index in [0.29, 0.717) is 39.4 Å². The minimum atomic E-state index is -4.63. The summed E-state index contributed by atoms with van der Waals surface area (Å²) in [6, 6.07) is 8.70. The summed E-state index contributed by atoms with van der Waals surface area (Å²) < 4.78 is 72.6. The zero-order valence-corrected chi connectivity index (χ0v) is 34.8. The molecule has 0 saturated heterocycles. The van der Waals surface area contributed by atoms with Crippen molar-refractivity contribution in [2.45, 2.75) is 138 Å². The summed E-state index contributed by atoms with van der Waals surface area (Å²) in [4.78, 5) is 51.2. The lowest BCUT2D eigenvalue weighted by Crippen LogP contribution is -2.44. The smallest absolute Gasteiger partial charge is 0.443 e. The summed E-state index contributed by atoms with van der Waals surface area (Å²) >= 11 is 0. The number of halogens is 3. The van der Waals surface area contributed by atoms with Crippen LogP contribution in [-0.2, 0) is 56.0 Å². The predicted octanol–water partition coefficient (Wildman–Crippen LogP) is 9.60. The fourth-order valence-corrected chi connectivity index (χ4v) is 5.89. The summed E-state index contributed by atoms with van der Waals surface area (Å²) in [5.74, 6) is 0.0655. The molecule has 2 amide bonds. The summed E-state index contributed by atoms with van der Waals surface area (Å²) in [6.07, 6.45) is -7.90. The van der Waals surface area contributed by atoms with Crippen LogP contribution in [0.15, 0.2) is 36.4 Å². The SMILES string of the molecule is CCOCc1nc2c(N(C(=O)OC(C)(C)C)C(=O)OC(C)(C)C)nc3cc(Cc4cc(CN)ccc4C(F)(F)F)ccc3c2n1CC(C)(C)OC(=O)OC(C)(C)C. The number of carbonyl (C=O) groups is 3. The van der Waals surface area contributed by atoms with E-state index in [9.17, 15) is 27.6 Å². The van der Waals surface area contributed by atoms with E-state index in [-0.39, 0.29) is 48.5 Å². The summed E-state index contributed by atoms with van der Waals surface area (Å²) in [5.41, 5.74) is 2.39. The maximum absolute atomic E-state index is 14.2. The number of carbonyl (C=O) groups excluding carboxylic acids is 3. The van der Waals surface area contributed by atoms with Gasteiger partial charge in [0.25, 0.3) is 0 Å². The Hall–Kier alpha value is -4.96. The van der Waals surface area contributed by atoms with Gasteiger partial charge in [0.15, 0.2) is 5.82 Å². The van der Waals surface area contributed by atoms with Crippen molar-refractivity contribution in [3.05, 3.63) is 64.5 Å². The number of hydrogen-bond acceptors (Lipinski definition) is 11. The number of ether oxygens (including phenoxy) is 5. The van der Waals surface area contributed by atoms with E-state index in [1.807, 2.05) is 0 Å². The maximum Gasteiger partial charge on any atom is 0.509 e. The van der Waals surface area contributed by atoms with E-state index in [4.69, 9.17) is 39.4 Å². The molecule has 0 fully saturated rings. The number of alkyl halides is 3. The molecule has 0 radical (unpaired) electrons. The van der Waals surface area contributed by atoms with Crippen molar-refractivity contribution in [3.8, 4) is 0 Å². The van der Waals surface area contributed by atoms with Gasteiger partial charge in [-0.05, 0) is 118 Å². The molecule has 2 aromatic heterocycles. The second-order valence-electron chi connectivity index (χ2n) is 17.2. The van der Waals surface area contributed by atoms with E-state index in [0.717, 1.165) is 6.07 Å². The van der Waals surface area contributed by atoms with Gasteiger partial charge in [-0.1, -0.05) is 24.3 Å². The Morgan fingerprint density at radius 2 is 1.35 bits per heavy atom. The topological polar surface area (TPSA) is 157 Å². The Labute approximate surface area is 330 Å². The highest BCUT2D eigenvalue weighted by atomic mass is 19.4. The molecular weight excluding hydrogens is 747 g/mol. The van der Waals surface area contributed by atoms with Crippen LogP contribution in [0.5, 0.6) is 0 Å². The quantitative estimate of drug-likeness (QED) is 0.120. The molecule has 2 N–H and O–H groups in total. The number of imidazole rings is 1. The van der Waals surface area contributed by atoms with Crippen molar-refractivity contribution in [3.63, 3.8) is 0 Å². The third-order valence-corrected chi connectivity index (χ3v) is 7.99. The summed E-state index contributed by atoms with van der Waals surface area (Å²) in [6.45, 7) is 20.3. The van der Waals surface area contributed by atoms with Gasteiger partial charge in [0.2, 0.25) is 0 Å². The first-order valence-corrected chi connectivity index (χ1v) is 18.6. The molecular formula is C41H54F3N5O8. The number of nitrogens with two attached hydrogens (primary N) is 1. The van der Waals surface area contributed by atoms with Gasteiger partial charge in [-0.2, -0.15) is 18.1 Å². The van der Waals surface area contributed by atoms with Crippen LogP contribution in [0.25, 0.3) is 21.9 Å². The van der Waals surface area contributed by atoms with Crippen LogP contribution in [0.3, 0.4) is 0 Å². The van der Waals surface area contributed by atoms with Crippen molar-refractivity contribution in [2.24, 2.45) is 5.73 Å². The minimum absolute atomic E-state index is 0.000298. The highest BCUT2D eigenvalue weighted by Crippen LogP contribution is 2.37. The van der Waals surface area contributed by atoms with Gasteiger partial charge in [-0.3, -0.25) is 0 Å². The van der Waals surface area contributed by atoms with Gasteiger partial charge in [0, 0.05) is 18.5 Å². The molecule has 0 spiro atoms. The van der Waals surface area contributed by atoms with Crippen LogP contribution < -0.4 is 10.6 Å². The van der Waals surface area contributed by atoms with Gasteiger partial charge in [0.05, 0.1) is 23.1 Å². The Morgan fingerprint density at radius 1 is 0.772 bits per heavy atom. The molecule has 0 aliphatic rings. The number of benzene rings is 2. The zero-order chi connectivity index (χ0) is 42.9. The second-order valence-corrected chi connectivity index (χ2v) is 17.2. The van der Waals surface area contributed by atoms with Crippen LogP contribution in [0.1, 0.15) is 111 Å². The molecule has 0 aliphatic carbocycles. The van der Waals surface area contributed by atoms with Crippen LogP contribution >= 0.6 is 0 Å².